The molecule has 214 valence electrons. The number of nitrogens with one attached hydrogen (secondary N) is 2. The summed E-state index contributed by atoms with van der Waals surface area (Å²) in [7, 11) is 1.62. The van der Waals surface area contributed by atoms with Crippen molar-refractivity contribution in [2.24, 2.45) is 0 Å². The normalized spacial score (nSPS) is 15.7. The van der Waals surface area contributed by atoms with Crippen LogP contribution in [-0.4, -0.2) is 92.0 Å². The van der Waals surface area contributed by atoms with E-state index >= 15 is 0 Å². The van der Waals surface area contributed by atoms with Gasteiger partial charge < -0.3 is 30.1 Å². The minimum Gasteiger partial charge on any atom is -0.497 e. The molecule has 3 heterocycles. The van der Waals surface area contributed by atoms with Gasteiger partial charge in [-0.25, -0.2) is 0 Å². The molecule has 0 radical (unpaired) electrons. The monoisotopic (exact) mass is 556 g/mol. The molecular weight excluding hydrogens is 520 g/mol. The first-order valence-electron chi connectivity index (χ1n) is 14.0. The summed E-state index contributed by atoms with van der Waals surface area (Å²) in [6.07, 6.45) is 4.27. The summed E-state index contributed by atoms with van der Waals surface area (Å²) in [4.78, 5) is 49.4. The zero-order valence-electron chi connectivity index (χ0n) is 23.3. The van der Waals surface area contributed by atoms with Gasteiger partial charge in [-0.05, 0) is 54.4 Å². The zero-order valence-corrected chi connectivity index (χ0v) is 23.3. The van der Waals surface area contributed by atoms with Crippen LogP contribution in [0.5, 0.6) is 5.75 Å². The number of aromatic nitrogens is 1. The maximum atomic E-state index is 13.3. The lowest BCUT2D eigenvalue weighted by molar-refractivity contribution is -0.130. The number of methoxy groups -OCH3 is 1. The van der Waals surface area contributed by atoms with Gasteiger partial charge in [0.15, 0.2) is 0 Å². The maximum Gasteiger partial charge on any atom is 0.255 e. The van der Waals surface area contributed by atoms with Crippen molar-refractivity contribution in [3.8, 4) is 5.75 Å². The fourth-order valence-corrected chi connectivity index (χ4v) is 5.23. The largest absolute Gasteiger partial charge is 0.497 e. The summed E-state index contributed by atoms with van der Waals surface area (Å²) in [5.41, 5.74) is 3.37. The van der Waals surface area contributed by atoms with Crippen LogP contribution < -0.4 is 20.3 Å². The van der Waals surface area contributed by atoms with Crippen LogP contribution in [0.3, 0.4) is 0 Å². The smallest absolute Gasteiger partial charge is 0.255 e. The van der Waals surface area contributed by atoms with Crippen LogP contribution in [0.15, 0.2) is 67.0 Å². The average molecular weight is 557 g/mol. The Morgan fingerprint density at radius 2 is 1.61 bits per heavy atom. The Kier molecular flexibility index (Phi) is 9.10. The Morgan fingerprint density at radius 1 is 0.854 bits per heavy atom. The molecule has 3 amide bonds. The van der Waals surface area contributed by atoms with Crippen molar-refractivity contribution in [1.29, 1.82) is 0 Å². The first kappa shape index (κ1) is 28.1. The number of rotatable bonds is 7. The number of nitrogens with zero attached hydrogens (tertiary/aromatic N) is 4. The molecule has 0 bridgehead atoms. The molecule has 10 heteroatoms. The number of ether oxygens (including phenoxy) is 1. The highest BCUT2D eigenvalue weighted by Gasteiger charge is 2.24. The van der Waals surface area contributed by atoms with Gasteiger partial charge in [0, 0.05) is 75.9 Å². The number of carbonyl (C=O) groups is 3. The molecule has 5 rings (SSSR count). The van der Waals surface area contributed by atoms with Gasteiger partial charge in [0.2, 0.25) is 5.91 Å². The number of piperazine rings is 1. The van der Waals surface area contributed by atoms with Gasteiger partial charge in [-0.15, -0.1) is 0 Å². The molecule has 10 nitrogen and oxygen atoms in total. The average Bonchev–Trinajstić information content (AvgIpc) is 3.28. The van der Waals surface area contributed by atoms with Gasteiger partial charge in [-0.1, -0.05) is 12.1 Å². The molecule has 0 unspecified atom stereocenters. The molecule has 2 aliphatic heterocycles. The zero-order chi connectivity index (χ0) is 28.6. The van der Waals surface area contributed by atoms with Crippen molar-refractivity contribution in [1.82, 2.24) is 20.1 Å². The third-order valence-electron chi connectivity index (χ3n) is 7.54. The minimum atomic E-state index is -0.272. The van der Waals surface area contributed by atoms with Gasteiger partial charge in [0.05, 0.1) is 24.9 Å². The summed E-state index contributed by atoms with van der Waals surface area (Å²) in [6, 6.07) is 16.4. The molecule has 2 saturated heterocycles. The van der Waals surface area contributed by atoms with Crippen LogP contribution in [0.4, 0.5) is 11.4 Å². The fourth-order valence-electron chi connectivity index (χ4n) is 5.23. The lowest BCUT2D eigenvalue weighted by Crippen LogP contribution is -2.46. The first-order chi connectivity index (χ1) is 20.0. The van der Waals surface area contributed by atoms with Gasteiger partial charge in [-0.3, -0.25) is 19.4 Å². The van der Waals surface area contributed by atoms with Crippen LogP contribution in [-0.2, 0) is 11.2 Å². The summed E-state index contributed by atoms with van der Waals surface area (Å²) in [5, 5.41) is 6.31. The number of benzene rings is 2. The molecule has 2 aliphatic rings. The van der Waals surface area contributed by atoms with E-state index in [2.05, 4.69) is 20.5 Å². The highest BCUT2D eigenvalue weighted by atomic mass is 16.5. The summed E-state index contributed by atoms with van der Waals surface area (Å²) >= 11 is 0. The number of carbonyl (C=O) groups excluding carboxylic acids is 3. The van der Waals surface area contributed by atoms with E-state index in [9.17, 15) is 14.4 Å². The lowest BCUT2D eigenvalue weighted by Gasteiger charge is -2.29. The molecule has 41 heavy (non-hydrogen) atoms. The van der Waals surface area contributed by atoms with E-state index in [0.717, 1.165) is 43.1 Å². The van der Waals surface area contributed by atoms with Crippen LogP contribution in [0.2, 0.25) is 0 Å². The second-order valence-corrected chi connectivity index (χ2v) is 10.2. The van der Waals surface area contributed by atoms with Crippen molar-refractivity contribution in [3.05, 3.63) is 83.7 Å². The number of amides is 3. The molecule has 0 atom stereocenters. The minimum absolute atomic E-state index is 0.0522. The number of hydrogen-bond donors (Lipinski definition) is 2. The van der Waals surface area contributed by atoms with Crippen LogP contribution >= 0.6 is 0 Å². The molecular formula is C31H36N6O4. The molecule has 2 N–H and O–H groups in total. The van der Waals surface area contributed by atoms with E-state index in [0.29, 0.717) is 56.0 Å². The molecule has 0 spiro atoms. The summed E-state index contributed by atoms with van der Waals surface area (Å²) < 4.78 is 5.22. The number of pyridine rings is 1. The highest BCUT2D eigenvalue weighted by Crippen LogP contribution is 2.30. The van der Waals surface area contributed by atoms with Crippen LogP contribution in [0.1, 0.15) is 32.7 Å². The van der Waals surface area contributed by atoms with Crippen molar-refractivity contribution in [3.63, 3.8) is 0 Å². The van der Waals surface area contributed by atoms with Crippen molar-refractivity contribution in [2.75, 3.05) is 69.7 Å². The SMILES string of the molecule is COc1ccc(CC(=O)N2CCCN(c3ccc(C(=O)N4CCNCC4)cc3NC(=O)c3ccncc3)CC2)cc1. The van der Waals surface area contributed by atoms with Crippen molar-refractivity contribution in [2.45, 2.75) is 12.8 Å². The van der Waals surface area contributed by atoms with E-state index in [1.807, 2.05) is 46.2 Å². The van der Waals surface area contributed by atoms with Gasteiger partial charge >= 0.3 is 0 Å². The molecule has 0 saturated carbocycles. The maximum absolute atomic E-state index is 13.3. The topological polar surface area (TPSA) is 107 Å². The summed E-state index contributed by atoms with van der Waals surface area (Å²) in [6.45, 7) is 5.36. The van der Waals surface area contributed by atoms with E-state index < -0.39 is 0 Å². The molecule has 0 aliphatic carbocycles. The van der Waals surface area contributed by atoms with Gasteiger partial charge in [-0.2, -0.15) is 0 Å². The standard InChI is InChI=1S/C31H36N6O4/c1-41-26-6-3-23(4-7-26)21-29(38)36-16-2-15-35(19-20-36)28-8-5-25(31(40)37-17-13-33-14-18-37)22-27(28)34-30(39)24-9-11-32-12-10-24/h3-12,22,33H,2,13-21H2,1H3,(H,34,39). The molecule has 2 fully saturated rings. The first-order valence-corrected chi connectivity index (χ1v) is 14.0. The van der Waals surface area contributed by atoms with Crippen molar-refractivity contribution < 1.29 is 19.1 Å². The van der Waals surface area contributed by atoms with E-state index in [1.165, 1.54) is 0 Å². The fraction of sp³-hybridized carbons (Fsp3) is 0.355. The third kappa shape index (κ3) is 7.01. The van der Waals surface area contributed by atoms with Crippen LogP contribution in [0.25, 0.3) is 0 Å². The number of anilines is 2. The second kappa shape index (κ2) is 13.3. The van der Waals surface area contributed by atoms with E-state index in [-0.39, 0.29) is 17.7 Å². The molecule has 2 aromatic carbocycles. The van der Waals surface area contributed by atoms with E-state index in [1.54, 1.807) is 37.7 Å². The summed E-state index contributed by atoms with van der Waals surface area (Å²) in [5.74, 6) is 0.523. The molecule has 3 aromatic rings. The molecule has 1 aromatic heterocycles. The number of hydrogen-bond acceptors (Lipinski definition) is 7. The Hall–Kier alpha value is -4.44. The van der Waals surface area contributed by atoms with Gasteiger partial charge in [0.25, 0.3) is 11.8 Å². The predicted molar refractivity (Wildman–Crippen MR) is 158 cm³/mol. The Morgan fingerprint density at radius 3 is 2.34 bits per heavy atom. The third-order valence-corrected chi connectivity index (χ3v) is 7.54. The Balaban J connectivity index is 1.33. The van der Waals surface area contributed by atoms with Crippen LogP contribution in [0, 0.1) is 0 Å². The second-order valence-electron chi connectivity index (χ2n) is 10.2. The van der Waals surface area contributed by atoms with Crippen molar-refractivity contribution >= 4 is 29.1 Å². The Bertz CT molecular complexity index is 1360. The quantitative estimate of drug-likeness (QED) is 0.461. The van der Waals surface area contributed by atoms with Gasteiger partial charge in [0.1, 0.15) is 5.75 Å². The van der Waals surface area contributed by atoms with E-state index in [4.69, 9.17) is 4.74 Å². The highest BCUT2D eigenvalue weighted by molar-refractivity contribution is 6.07. The lowest BCUT2D eigenvalue weighted by atomic mass is 10.1. The Labute approximate surface area is 240 Å². The predicted octanol–water partition coefficient (Wildman–Crippen LogP) is 2.67.